The lowest BCUT2D eigenvalue weighted by molar-refractivity contribution is -0.136. The molecule has 4 aliphatic heterocycles. The first-order valence-corrected chi connectivity index (χ1v) is 11.7. The largest absolute Gasteiger partial charge is 0.370 e. The van der Waals surface area contributed by atoms with Gasteiger partial charge in [-0.1, -0.05) is 6.07 Å². The SMILES string of the molecule is O=C1CCC(N2Cc3c(cccc3N3CC4(CCN(Cc5cn[nH]c5)CC4)C3)C2=O)C(=O)N1. The van der Waals surface area contributed by atoms with Crippen molar-refractivity contribution in [2.75, 3.05) is 31.1 Å². The first-order valence-electron chi connectivity index (χ1n) is 11.7. The maximum atomic E-state index is 13.1. The number of benzene rings is 1. The van der Waals surface area contributed by atoms with Gasteiger partial charge in [0.2, 0.25) is 11.8 Å². The average molecular weight is 449 g/mol. The molecule has 4 aliphatic rings. The molecule has 2 aromatic rings. The van der Waals surface area contributed by atoms with Crippen LogP contribution in [0.3, 0.4) is 0 Å². The summed E-state index contributed by atoms with van der Waals surface area (Å²) < 4.78 is 0. The number of imide groups is 1. The highest BCUT2D eigenvalue weighted by Gasteiger charge is 2.47. The minimum absolute atomic E-state index is 0.107. The van der Waals surface area contributed by atoms with Crippen LogP contribution in [0.4, 0.5) is 5.69 Å². The van der Waals surface area contributed by atoms with E-state index in [9.17, 15) is 14.4 Å². The molecule has 0 bridgehead atoms. The second-order valence-electron chi connectivity index (χ2n) is 9.94. The molecular formula is C24H28N6O3. The van der Waals surface area contributed by atoms with Gasteiger partial charge in [-0.3, -0.25) is 29.7 Å². The van der Waals surface area contributed by atoms with E-state index in [0.29, 0.717) is 23.9 Å². The van der Waals surface area contributed by atoms with Gasteiger partial charge in [-0.2, -0.15) is 5.10 Å². The molecule has 9 nitrogen and oxygen atoms in total. The second-order valence-corrected chi connectivity index (χ2v) is 9.94. The van der Waals surface area contributed by atoms with Crippen molar-refractivity contribution in [3.8, 4) is 0 Å². The minimum atomic E-state index is -0.572. The van der Waals surface area contributed by atoms with E-state index in [1.165, 1.54) is 18.4 Å². The van der Waals surface area contributed by atoms with Crippen LogP contribution in [0.15, 0.2) is 30.6 Å². The number of likely N-dealkylation sites (tertiary alicyclic amines) is 1. The first-order chi connectivity index (χ1) is 16.0. The third-order valence-electron chi connectivity index (χ3n) is 7.83. The molecule has 0 aliphatic carbocycles. The molecule has 0 saturated carbocycles. The molecule has 6 rings (SSSR count). The monoisotopic (exact) mass is 448 g/mol. The van der Waals surface area contributed by atoms with Crippen molar-refractivity contribution in [3.05, 3.63) is 47.3 Å². The van der Waals surface area contributed by atoms with Crippen LogP contribution in [-0.4, -0.2) is 69.9 Å². The molecule has 3 fully saturated rings. The van der Waals surface area contributed by atoms with Crippen LogP contribution < -0.4 is 10.2 Å². The topological polar surface area (TPSA) is 102 Å². The number of H-pyrrole nitrogens is 1. The summed E-state index contributed by atoms with van der Waals surface area (Å²) in [7, 11) is 0. The Balaban J connectivity index is 1.12. The molecule has 1 spiro atoms. The summed E-state index contributed by atoms with van der Waals surface area (Å²) in [5.41, 5.74) is 4.39. The molecule has 2 N–H and O–H groups in total. The number of amides is 3. The van der Waals surface area contributed by atoms with Gasteiger partial charge in [0.15, 0.2) is 0 Å². The van der Waals surface area contributed by atoms with Gasteiger partial charge in [-0.15, -0.1) is 0 Å². The van der Waals surface area contributed by atoms with Crippen molar-refractivity contribution in [2.24, 2.45) is 5.41 Å². The van der Waals surface area contributed by atoms with Gasteiger partial charge in [-0.25, -0.2) is 0 Å². The number of carbonyl (C=O) groups is 3. The van der Waals surface area contributed by atoms with Crippen LogP contribution in [-0.2, 0) is 22.7 Å². The summed E-state index contributed by atoms with van der Waals surface area (Å²) >= 11 is 0. The van der Waals surface area contributed by atoms with E-state index in [2.05, 4.69) is 31.4 Å². The summed E-state index contributed by atoms with van der Waals surface area (Å²) in [6.45, 7) is 5.58. The fourth-order valence-corrected chi connectivity index (χ4v) is 5.92. The van der Waals surface area contributed by atoms with Gasteiger partial charge in [-0.05, 0) is 44.5 Å². The number of rotatable bonds is 4. The van der Waals surface area contributed by atoms with E-state index in [-0.39, 0.29) is 24.1 Å². The summed E-state index contributed by atoms with van der Waals surface area (Å²) in [6, 6.07) is 5.33. The molecule has 33 heavy (non-hydrogen) atoms. The predicted molar refractivity (Wildman–Crippen MR) is 120 cm³/mol. The molecule has 172 valence electrons. The zero-order valence-electron chi connectivity index (χ0n) is 18.5. The molecule has 9 heteroatoms. The Kier molecular flexibility index (Phi) is 4.76. The second kappa shape index (κ2) is 7.69. The van der Waals surface area contributed by atoms with Crippen molar-refractivity contribution in [1.29, 1.82) is 0 Å². The number of hydrogen-bond acceptors (Lipinski definition) is 6. The van der Waals surface area contributed by atoms with Crippen LogP contribution in [0.5, 0.6) is 0 Å². The molecular weight excluding hydrogens is 420 g/mol. The van der Waals surface area contributed by atoms with Gasteiger partial charge in [0.25, 0.3) is 5.91 Å². The third-order valence-corrected chi connectivity index (χ3v) is 7.83. The van der Waals surface area contributed by atoms with Crippen molar-refractivity contribution in [3.63, 3.8) is 0 Å². The Labute approximate surface area is 192 Å². The standard InChI is InChI=1S/C24H28N6O3/c31-21-5-4-20(22(32)27-21)30-13-18-17(23(30)33)2-1-3-19(18)29-14-24(15-29)6-8-28(9-7-24)12-16-10-25-26-11-16/h1-3,10-11,20H,4-9,12-15H2,(H,25,26)(H,27,31,32). The quantitative estimate of drug-likeness (QED) is 0.684. The lowest BCUT2D eigenvalue weighted by Crippen LogP contribution is -2.60. The number of hydrogen-bond donors (Lipinski definition) is 2. The average Bonchev–Trinajstić information content (AvgIpc) is 3.41. The minimum Gasteiger partial charge on any atom is -0.370 e. The number of carbonyl (C=O) groups excluding carboxylic acids is 3. The smallest absolute Gasteiger partial charge is 0.255 e. The molecule has 0 radical (unpaired) electrons. The predicted octanol–water partition coefficient (Wildman–Crippen LogP) is 1.27. The van der Waals surface area contributed by atoms with E-state index in [0.717, 1.165) is 44.0 Å². The zero-order valence-corrected chi connectivity index (χ0v) is 18.5. The first kappa shape index (κ1) is 20.4. The lowest BCUT2D eigenvalue weighted by Gasteiger charge is -2.55. The van der Waals surface area contributed by atoms with Crippen LogP contribution >= 0.6 is 0 Å². The van der Waals surface area contributed by atoms with Crippen molar-refractivity contribution < 1.29 is 14.4 Å². The number of anilines is 1. The summed E-state index contributed by atoms with van der Waals surface area (Å²) in [6.07, 6.45) is 6.88. The zero-order chi connectivity index (χ0) is 22.6. The number of nitrogens with zero attached hydrogens (tertiary/aromatic N) is 4. The van der Waals surface area contributed by atoms with E-state index in [1.807, 2.05) is 24.5 Å². The normalized spacial score (nSPS) is 24.7. The Morgan fingerprint density at radius 3 is 2.67 bits per heavy atom. The van der Waals surface area contributed by atoms with Crippen LogP contribution in [0.1, 0.15) is 47.2 Å². The van der Waals surface area contributed by atoms with Gasteiger partial charge >= 0.3 is 0 Å². The number of aromatic amines is 1. The maximum Gasteiger partial charge on any atom is 0.255 e. The summed E-state index contributed by atoms with van der Waals surface area (Å²) in [5, 5.41) is 9.30. The fraction of sp³-hybridized carbons (Fsp3) is 0.500. The van der Waals surface area contributed by atoms with Crippen LogP contribution in [0.25, 0.3) is 0 Å². The van der Waals surface area contributed by atoms with Crippen molar-refractivity contribution in [2.45, 2.75) is 44.8 Å². The molecule has 1 aromatic carbocycles. The lowest BCUT2D eigenvalue weighted by atomic mass is 9.71. The molecule has 3 amide bonds. The summed E-state index contributed by atoms with van der Waals surface area (Å²) in [5.74, 6) is -0.731. The number of fused-ring (bicyclic) bond motifs is 1. The Morgan fingerprint density at radius 2 is 1.94 bits per heavy atom. The molecule has 5 heterocycles. The van der Waals surface area contributed by atoms with Crippen LogP contribution in [0.2, 0.25) is 0 Å². The number of piperidine rings is 2. The van der Waals surface area contributed by atoms with Crippen LogP contribution in [0, 0.1) is 5.41 Å². The molecule has 1 unspecified atom stereocenters. The third kappa shape index (κ3) is 3.51. The number of aromatic nitrogens is 2. The van der Waals surface area contributed by atoms with E-state index in [1.54, 1.807) is 4.90 Å². The molecule has 3 saturated heterocycles. The van der Waals surface area contributed by atoms with Crippen molar-refractivity contribution in [1.82, 2.24) is 25.3 Å². The van der Waals surface area contributed by atoms with Gasteiger partial charge in [0.05, 0.1) is 6.20 Å². The summed E-state index contributed by atoms with van der Waals surface area (Å²) in [4.78, 5) is 43.5. The van der Waals surface area contributed by atoms with E-state index >= 15 is 0 Å². The van der Waals surface area contributed by atoms with Crippen molar-refractivity contribution >= 4 is 23.4 Å². The highest BCUT2D eigenvalue weighted by Crippen LogP contribution is 2.45. The van der Waals surface area contributed by atoms with E-state index < -0.39 is 6.04 Å². The van der Waals surface area contributed by atoms with Gasteiger partial charge in [0.1, 0.15) is 6.04 Å². The molecule has 1 aromatic heterocycles. The number of nitrogens with one attached hydrogen (secondary N) is 2. The van der Waals surface area contributed by atoms with Gasteiger partial charge in [0, 0.05) is 66.6 Å². The maximum absolute atomic E-state index is 13.1. The Morgan fingerprint density at radius 1 is 1.12 bits per heavy atom. The molecule has 1 atom stereocenters. The fourth-order valence-electron chi connectivity index (χ4n) is 5.92. The van der Waals surface area contributed by atoms with E-state index in [4.69, 9.17) is 0 Å². The highest BCUT2D eigenvalue weighted by atomic mass is 16.2. The Bertz CT molecular complexity index is 1100. The highest BCUT2D eigenvalue weighted by molar-refractivity contribution is 6.06. The van der Waals surface area contributed by atoms with Gasteiger partial charge < -0.3 is 9.80 Å². The Hall–Kier alpha value is -3.20.